The van der Waals surface area contributed by atoms with Gasteiger partial charge >= 0.3 is 0 Å². The minimum Gasteiger partial charge on any atom is -0.396 e. The van der Waals surface area contributed by atoms with Gasteiger partial charge in [-0.2, -0.15) is 0 Å². The van der Waals surface area contributed by atoms with E-state index in [2.05, 4.69) is 27.7 Å². The van der Waals surface area contributed by atoms with Crippen molar-refractivity contribution in [2.24, 2.45) is 11.8 Å². The number of thiophene rings is 1. The molecule has 3 rings (SSSR count). The third kappa shape index (κ3) is 5.78. The van der Waals surface area contributed by atoms with Crippen LogP contribution in [0.1, 0.15) is 23.6 Å². The van der Waals surface area contributed by atoms with E-state index in [0.717, 1.165) is 57.4 Å². The molecule has 144 valence electrons. The van der Waals surface area contributed by atoms with Crippen molar-refractivity contribution >= 4 is 11.3 Å². The van der Waals surface area contributed by atoms with Crippen molar-refractivity contribution in [1.29, 1.82) is 0 Å². The predicted molar refractivity (Wildman–Crippen MR) is 104 cm³/mol. The van der Waals surface area contributed by atoms with E-state index in [1.54, 1.807) is 25.2 Å². The summed E-state index contributed by atoms with van der Waals surface area (Å²) in [7, 11) is 0. The fourth-order valence-corrected chi connectivity index (χ4v) is 4.56. The molecule has 6 heteroatoms. The van der Waals surface area contributed by atoms with E-state index in [1.165, 1.54) is 4.88 Å². The maximum atomic E-state index is 9.79. The highest BCUT2D eigenvalue weighted by molar-refractivity contribution is 7.12. The number of rotatable bonds is 5. The average molecular weight is 379 g/mol. The first-order chi connectivity index (χ1) is 12.4. The summed E-state index contributed by atoms with van der Waals surface area (Å²) >= 11 is 1.69. The Morgan fingerprint density at radius 1 is 1.19 bits per heavy atom. The van der Waals surface area contributed by atoms with Crippen molar-refractivity contribution in [2.75, 3.05) is 52.5 Å². The smallest absolute Gasteiger partial charge is 0.120 e. The third-order valence-electron chi connectivity index (χ3n) is 5.02. The van der Waals surface area contributed by atoms with Gasteiger partial charge in [-0.1, -0.05) is 11.8 Å². The van der Waals surface area contributed by atoms with Crippen molar-refractivity contribution in [2.45, 2.75) is 26.0 Å². The van der Waals surface area contributed by atoms with E-state index < -0.39 is 5.60 Å². The molecule has 0 bridgehead atoms. The molecule has 2 N–H and O–H groups in total. The van der Waals surface area contributed by atoms with Crippen molar-refractivity contribution in [3.8, 4) is 11.8 Å². The molecule has 0 unspecified atom stereocenters. The van der Waals surface area contributed by atoms with Crippen molar-refractivity contribution in [3.05, 3.63) is 21.9 Å². The average Bonchev–Trinajstić information content (AvgIpc) is 3.20. The number of aliphatic hydroxyl groups excluding tert-OH is 1. The Kier molecular flexibility index (Phi) is 6.73. The van der Waals surface area contributed by atoms with Gasteiger partial charge in [-0.25, -0.2) is 0 Å². The summed E-state index contributed by atoms with van der Waals surface area (Å²) in [6.07, 6.45) is 0. The van der Waals surface area contributed by atoms with Gasteiger partial charge in [0.1, 0.15) is 5.60 Å². The van der Waals surface area contributed by atoms with Gasteiger partial charge in [-0.05, 0) is 37.8 Å². The second kappa shape index (κ2) is 8.83. The Hall–Kier alpha value is -0.940. The van der Waals surface area contributed by atoms with Crippen molar-refractivity contribution in [1.82, 2.24) is 9.80 Å². The number of likely N-dealkylation sites (tertiary alicyclic amines) is 1. The SMILES string of the molecule is CC(C)(O)C#Cc1ccc(CN2C[C@@H](CN3CCOCC3)[C@@H](CO)C2)s1. The zero-order valence-corrected chi connectivity index (χ0v) is 16.6. The molecule has 26 heavy (non-hydrogen) atoms. The van der Waals surface area contributed by atoms with E-state index >= 15 is 0 Å². The summed E-state index contributed by atoms with van der Waals surface area (Å²) < 4.78 is 5.43. The molecule has 5 nitrogen and oxygen atoms in total. The van der Waals surface area contributed by atoms with Crippen LogP contribution in [0.2, 0.25) is 0 Å². The fourth-order valence-electron chi connectivity index (χ4n) is 3.66. The van der Waals surface area contributed by atoms with Gasteiger partial charge in [0.05, 0.1) is 18.1 Å². The van der Waals surface area contributed by atoms with Crippen molar-refractivity contribution in [3.63, 3.8) is 0 Å². The number of ether oxygens (including phenoxy) is 1. The molecular weight excluding hydrogens is 348 g/mol. The van der Waals surface area contributed by atoms with Crippen LogP contribution >= 0.6 is 11.3 Å². The van der Waals surface area contributed by atoms with Gasteiger partial charge in [0, 0.05) is 50.8 Å². The third-order valence-corrected chi connectivity index (χ3v) is 6.00. The highest BCUT2D eigenvalue weighted by Gasteiger charge is 2.33. The Bertz CT molecular complexity index is 637. The molecule has 3 heterocycles. The van der Waals surface area contributed by atoms with Gasteiger partial charge < -0.3 is 14.9 Å². The molecular formula is C20H30N2O3S. The monoisotopic (exact) mass is 378 g/mol. The standard InChI is InChI=1S/C20H30N2O3S/c1-20(2,24)6-5-18-3-4-19(26-18)14-22-12-16(17(13-22)15-23)11-21-7-9-25-10-8-21/h3-4,16-17,23-24H,7-15H2,1-2H3/t16-,17-/m1/s1. The minimum atomic E-state index is -0.958. The first-order valence-corrected chi connectivity index (χ1v) is 10.2. The molecule has 0 aliphatic carbocycles. The van der Waals surface area contributed by atoms with Gasteiger partial charge in [-0.3, -0.25) is 9.80 Å². The van der Waals surface area contributed by atoms with Crippen LogP contribution in [0, 0.1) is 23.7 Å². The molecule has 0 radical (unpaired) electrons. The molecule has 0 amide bonds. The molecule has 2 aliphatic rings. The van der Waals surface area contributed by atoms with Gasteiger partial charge in [0.15, 0.2) is 0 Å². The van der Waals surface area contributed by atoms with Gasteiger partial charge in [0.2, 0.25) is 0 Å². The van der Waals surface area contributed by atoms with Crippen LogP contribution in [0.15, 0.2) is 12.1 Å². The van der Waals surface area contributed by atoms with Crippen LogP contribution in [0.25, 0.3) is 0 Å². The van der Waals surface area contributed by atoms with Crippen LogP contribution in [-0.4, -0.2) is 78.2 Å². The predicted octanol–water partition coefficient (Wildman–Crippen LogP) is 1.24. The summed E-state index contributed by atoms with van der Waals surface area (Å²) in [5, 5.41) is 19.5. The summed E-state index contributed by atoms with van der Waals surface area (Å²) in [5.41, 5.74) is -0.958. The summed E-state index contributed by atoms with van der Waals surface area (Å²) in [6, 6.07) is 4.16. The van der Waals surface area contributed by atoms with Gasteiger partial charge in [0.25, 0.3) is 0 Å². The summed E-state index contributed by atoms with van der Waals surface area (Å²) in [5.74, 6) is 6.80. The number of hydrogen-bond acceptors (Lipinski definition) is 6. The van der Waals surface area contributed by atoms with Crippen LogP contribution in [0.5, 0.6) is 0 Å². The van der Waals surface area contributed by atoms with E-state index in [0.29, 0.717) is 11.8 Å². The lowest BCUT2D eigenvalue weighted by molar-refractivity contribution is 0.0264. The van der Waals surface area contributed by atoms with E-state index in [9.17, 15) is 10.2 Å². The molecule has 0 spiro atoms. The first-order valence-electron chi connectivity index (χ1n) is 9.40. The molecule has 1 aromatic rings. The number of aliphatic hydroxyl groups is 2. The first kappa shape index (κ1) is 19.8. The molecule has 1 aromatic heterocycles. The highest BCUT2D eigenvalue weighted by atomic mass is 32.1. The van der Waals surface area contributed by atoms with Crippen LogP contribution in [0.3, 0.4) is 0 Å². The summed E-state index contributed by atoms with van der Waals surface area (Å²) in [6.45, 7) is 11.3. The van der Waals surface area contributed by atoms with Crippen molar-refractivity contribution < 1.29 is 14.9 Å². The number of morpholine rings is 1. The quantitative estimate of drug-likeness (QED) is 0.755. The normalized spacial score (nSPS) is 25.2. The Morgan fingerprint density at radius 3 is 2.62 bits per heavy atom. The van der Waals surface area contributed by atoms with Crippen LogP contribution < -0.4 is 0 Å². The molecule has 0 saturated carbocycles. The highest BCUT2D eigenvalue weighted by Crippen LogP contribution is 2.27. The fraction of sp³-hybridized carbons (Fsp3) is 0.700. The van der Waals surface area contributed by atoms with E-state index in [1.807, 2.05) is 6.07 Å². The second-order valence-electron chi connectivity index (χ2n) is 7.88. The second-order valence-corrected chi connectivity index (χ2v) is 9.05. The molecule has 2 aliphatic heterocycles. The maximum absolute atomic E-state index is 9.79. The molecule has 0 aromatic carbocycles. The van der Waals surface area contributed by atoms with E-state index in [4.69, 9.17) is 4.74 Å². The Labute approximate surface area is 160 Å². The Morgan fingerprint density at radius 2 is 1.92 bits per heavy atom. The largest absolute Gasteiger partial charge is 0.396 e. The topological polar surface area (TPSA) is 56.2 Å². The molecule has 2 saturated heterocycles. The van der Waals surface area contributed by atoms with E-state index in [-0.39, 0.29) is 6.61 Å². The number of hydrogen-bond donors (Lipinski definition) is 2. The zero-order chi connectivity index (χ0) is 18.6. The number of nitrogens with zero attached hydrogens (tertiary/aromatic N) is 2. The Balaban J connectivity index is 1.55. The maximum Gasteiger partial charge on any atom is 0.120 e. The molecule has 2 atom stereocenters. The molecule has 2 fully saturated rings. The lowest BCUT2D eigenvalue weighted by Gasteiger charge is -2.30. The van der Waals surface area contributed by atoms with Crippen LogP contribution in [-0.2, 0) is 11.3 Å². The lowest BCUT2D eigenvalue weighted by atomic mass is 9.96. The minimum absolute atomic E-state index is 0.262. The lowest BCUT2D eigenvalue weighted by Crippen LogP contribution is -2.41. The van der Waals surface area contributed by atoms with Crippen LogP contribution in [0.4, 0.5) is 0 Å². The zero-order valence-electron chi connectivity index (χ0n) is 15.8. The summed E-state index contributed by atoms with van der Waals surface area (Å²) in [4.78, 5) is 7.19. The van der Waals surface area contributed by atoms with Gasteiger partial charge in [-0.15, -0.1) is 11.3 Å².